The number of para-hydroxylation sites is 1. The molecule has 0 bridgehead atoms. The number of hydrogen-bond acceptors (Lipinski definition) is 4. The number of nitrogens with one attached hydrogen (secondary N) is 1. The minimum atomic E-state index is 0.406. The normalized spacial score (nSPS) is 27.6. The Balaban J connectivity index is 1.60. The molecule has 1 aromatic carbocycles. The van der Waals surface area contributed by atoms with Gasteiger partial charge in [-0.1, -0.05) is 25.1 Å². The first kappa shape index (κ1) is 13.7. The molecular weight excluding hydrogens is 298 g/mol. The number of ether oxygens (including phenoxy) is 1. The highest BCUT2D eigenvalue weighted by Gasteiger charge is 2.30. The first-order valence-electron chi connectivity index (χ1n) is 7.53. The Kier molecular flexibility index (Phi) is 3.69. The van der Waals surface area contributed by atoms with Crippen LogP contribution < -0.4 is 10.1 Å². The molecule has 0 saturated heterocycles. The highest BCUT2D eigenvalue weighted by Crippen LogP contribution is 2.45. The Labute approximate surface area is 133 Å². The van der Waals surface area contributed by atoms with E-state index >= 15 is 0 Å². The Morgan fingerprint density at radius 3 is 3.00 bits per heavy atom. The van der Waals surface area contributed by atoms with E-state index in [1.807, 2.05) is 23.1 Å². The van der Waals surface area contributed by atoms with E-state index in [1.54, 1.807) is 0 Å². The van der Waals surface area contributed by atoms with E-state index in [-0.39, 0.29) is 0 Å². The fraction of sp³-hybridized carbons (Fsp3) is 0.412. The van der Waals surface area contributed by atoms with Crippen molar-refractivity contribution in [2.24, 2.45) is 0 Å². The summed E-state index contributed by atoms with van der Waals surface area (Å²) < 4.78 is 7.27. The highest BCUT2D eigenvalue weighted by molar-refractivity contribution is 8.01. The predicted molar refractivity (Wildman–Crippen MR) is 89.4 cm³/mol. The second-order valence-electron chi connectivity index (χ2n) is 5.77. The molecule has 0 aliphatic carbocycles. The molecule has 0 fully saturated rings. The van der Waals surface area contributed by atoms with Gasteiger partial charge in [0.1, 0.15) is 5.75 Å². The van der Waals surface area contributed by atoms with Gasteiger partial charge in [0.25, 0.3) is 0 Å². The van der Waals surface area contributed by atoms with Crippen LogP contribution in [-0.2, 0) is 0 Å². The van der Waals surface area contributed by atoms with Gasteiger partial charge >= 0.3 is 0 Å². The number of thioether (sulfide) groups is 1. The Hall–Kier alpha value is -0.970. The van der Waals surface area contributed by atoms with Crippen LogP contribution in [0.3, 0.4) is 0 Å². The SMILES string of the molecule is C[C@H]1CC(NC2CCOc3ccccc32)c2ccsc2S1. The van der Waals surface area contributed by atoms with E-state index in [4.69, 9.17) is 4.74 Å². The molecule has 4 rings (SSSR count). The number of hydrogen-bond donors (Lipinski definition) is 1. The minimum Gasteiger partial charge on any atom is -0.493 e. The van der Waals surface area contributed by atoms with Crippen LogP contribution in [0.25, 0.3) is 0 Å². The molecule has 3 atom stereocenters. The Morgan fingerprint density at radius 2 is 2.05 bits per heavy atom. The highest BCUT2D eigenvalue weighted by atomic mass is 32.2. The van der Waals surface area contributed by atoms with Crippen molar-refractivity contribution in [2.75, 3.05) is 6.61 Å². The number of rotatable bonds is 2. The van der Waals surface area contributed by atoms with Gasteiger partial charge < -0.3 is 10.1 Å². The van der Waals surface area contributed by atoms with E-state index in [0.717, 1.165) is 18.8 Å². The molecule has 1 aromatic heterocycles. The quantitative estimate of drug-likeness (QED) is 0.860. The maximum Gasteiger partial charge on any atom is 0.124 e. The third-order valence-corrected chi connectivity index (χ3v) is 6.61. The van der Waals surface area contributed by atoms with E-state index in [2.05, 4.69) is 48.0 Å². The van der Waals surface area contributed by atoms with Gasteiger partial charge in [-0.05, 0) is 29.5 Å². The first-order valence-corrected chi connectivity index (χ1v) is 9.29. The fourth-order valence-electron chi connectivity index (χ4n) is 3.27. The van der Waals surface area contributed by atoms with Gasteiger partial charge in [0.15, 0.2) is 0 Å². The van der Waals surface area contributed by atoms with Gasteiger partial charge in [-0.15, -0.1) is 23.1 Å². The topological polar surface area (TPSA) is 21.3 Å². The van der Waals surface area contributed by atoms with E-state index in [9.17, 15) is 0 Å². The molecule has 3 heterocycles. The zero-order chi connectivity index (χ0) is 14.2. The van der Waals surface area contributed by atoms with Crippen molar-refractivity contribution in [1.82, 2.24) is 5.32 Å². The molecule has 2 unspecified atom stereocenters. The summed E-state index contributed by atoms with van der Waals surface area (Å²) in [6.07, 6.45) is 2.25. The Morgan fingerprint density at radius 1 is 1.14 bits per heavy atom. The average Bonchev–Trinajstić information content (AvgIpc) is 2.96. The smallest absolute Gasteiger partial charge is 0.124 e. The molecule has 2 nitrogen and oxygen atoms in total. The molecule has 0 saturated carbocycles. The zero-order valence-electron chi connectivity index (χ0n) is 12.0. The second kappa shape index (κ2) is 5.67. The van der Waals surface area contributed by atoms with E-state index < -0.39 is 0 Å². The van der Waals surface area contributed by atoms with Crippen LogP contribution in [0, 0.1) is 0 Å². The maximum absolute atomic E-state index is 5.78. The van der Waals surface area contributed by atoms with Crippen molar-refractivity contribution >= 4 is 23.1 Å². The van der Waals surface area contributed by atoms with Crippen LogP contribution in [0.1, 0.15) is 43.0 Å². The van der Waals surface area contributed by atoms with Crippen LogP contribution in [0.4, 0.5) is 0 Å². The van der Waals surface area contributed by atoms with E-state index in [0.29, 0.717) is 17.3 Å². The maximum atomic E-state index is 5.78. The number of benzene rings is 1. The lowest BCUT2D eigenvalue weighted by molar-refractivity contribution is 0.241. The monoisotopic (exact) mass is 317 g/mol. The van der Waals surface area contributed by atoms with Crippen molar-refractivity contribution in [1.29, 1.82) is 0 Å². The summed E-state index contributed by atoms with van der Waals surface area (Å²) in [6.45, 7) is 3.14. The van der Waals surface area contributed by atoms with Crippen LogP contribution in [0.2, 0.25) is 0 Å². The summed E-state index contributed by atoms with van der Waals surface area (Å²) in [4.78, 5) is 0. The molecule has 2 aliphatic heterocycles. The second-order valence-corrected chi connectivity index (χ2v) is 8.40. The molecular formula is C17H19NOS2. The predicted octanol–water partition coefficient (Wildman–Crippen LogP) is 4.79. The van der Waals surface area contributed by atoms with Crippen molar-refractivity contribution in [2.45, 2.75) is 41.3 Å². The average molecular weight is 317 g/mol. The molecule has 4 heteroatoms. The molecule has 0 spiro atoms. The molecule has 2 aliphatic rings. The summed E-state index contributed by atoms with van der Waals surface area (Å²) in [7, 11) is 0. The fourth-order valence-corrected chi connectivity index (χ4v) is 5.83. The summed E-state index contributed by atoms with van der Waals surface area (Å²) >= 11 is 3.90. The van der Waals surface area contributed by atoms with Crippen LogP contribution in [0.5, 0.6) is 5.75 Å². The molecule has 0 amide bonds. The summed E-state index contributed by atoms with van der Waals surface area (Å²) in [5, 5.41) is 6.81. The zero-order valence-corrected chi connectivity index (χ0v) is 13.7. The van der Waals surface area contributed by atoms with Gasteiger partial charge in [0, 0.05) is 29.3 Å². The van der Waals surface area contributed by atoms with Crippen molar-refractivity contribution in [3.05, 3.63) is 46.8 Å². The lowest BCUT2D eigenvalue weighted by atomic mass is 9.97. The van der Waals surface area contributed by atoms with Gasteiger partial charge in [-0.25, -0.2) is 0 Å². The van der Waals surface area contributed by atoms with E-state index in [1.165, 1.54) is 21.8 Å². The third-order valence-electron chi connectivity index (χ3n) is 4.27. The first-order chi connectivity index (χ1) is 10.3. The summed E-state index contributed by atoms with van der Waals surface area (Å²) in [5.74, 6) is 1.05. The molecule has 110 valence electrons. The number of fused-ring (bicyclic) bond motifs is 2. The van der Waals surface area contributed by atoms with Gasteiger partial charge in [-0.2, -0.15) is 0 Å². The molecule has 21 heavy (non-hydrogen) atoms. The third kappa shape index (κ3) is 2.60. The Bertz CT molecular complexity index is 639. The van der Waals surface area contributed by atoms with Crippen LogP contribution in [-0.4, -0.2) is 11.9 Å². The van der Waals surface area contributed by atoms with Gasteiger partial charge in [-0.3, -0.25) is 0 Å². The summed E-state index contributed by atoms with van der Waals surface area (Å²) in [5.41, 5.74) is 2.80. The summed E-state index contributed by atoms with van der Waals surface area (Å²) in [6, 6.07) is 11.6. The standard InChI is InChI=1S/C17H19NOS2/c1-11-10-15(13-7-9-20-17(13)21-11)18-14-6-8-19-16-5-3-2-4-12(14)16/h2-5,7,9,11,14-15,18H,6,8,10H2,1H3/t11-,14?,15?/m0/s1. The molecule has 2 aromatic rings. The van der Waals surface area contributed by atoms with Crippen molar-refractivity contribution in [3.8, 4) is 5.75 Å². The molecule has 1 N–H and O–H groups in total. The lowest BCUT2D eigenvalue weighted by Crippen LogP contribution is -2.33. The molecule has 0 radical (unpaired) electrons. The van der Waals surface area contributed by atoms with Gasteiger partial charge in [0.05, 0.1) is 10.8 Å². The van der Waals surface area contributed by atoms with Gasteiger partial charge in [0.2, 0.25) is 0 Å². The van der Waals surface area contributed by atoms with Crippen molar-refractivity contribution in [3.63, 3.8) is 0 Å². The lowest BCUT2D eigenvalue weighted by Gasteiger charge is -2.34. The largest absolute Gasteiger partial charge is 0.493 e. The van der Waals surface area contributed by atoms with Crippen molar-refractivity contribution < 1.29 is 4.74 Å². The number of thiophene rings is 1. The van der Waals surface area contributed by atoms with Crippen LogP contribution in [0.15, 0.2) is 39.9 Å². The minimum absolute atomic E-state index is 0.406. The van der Waals surface area contributed by atoms with Crippen LogP contribution >= 0.6 is 23.1 Å².